The van der Waals surface area contributed by atoms with Gasteiger partial charge in [-0.05, 0) is 86.1 Å². The van der Waals surface area contributed by atoms with Gasteiger partial charge >= 0.3 is 0 Å². The average molecular weight is 294 g/mol. The minimum absolute atomic E-state index is 0.898. The third kappa shape index (κ3) is 4.47. The molecule has 1 nitrogen and oxygen atoms in total. The number of nitrogens with one attached hydrogen (secondary N) is 1. The van der Waals surface area contributed by atoms with Crippen LogP contribution in [0.5, 0.6) is 0 Å². The van der Waals surface area contributed by atoms with Crippen molar-refractivity contribution in [3.05, 3.63) is 0 Å². The summed E-state index contributed by atoms with van der Waals surface area (Å²) in [6.45, 7) is 17.3. The minimum atomic E-state index is 0.898. The van der Waals surface area contributed by atoms with Crippen LogP contribution in [0.4, 0.5) is 0 Å². The molecule has 0 aromatic rings. The maximum atomic E-state index is 3.87. The van der Waals surface area contributed by atoms with Crippen LogP contribution in [0.1, 0.15) is 67.2 Å². The van der Waals surface area contributed by atoms with E-state index in [1.54, 1.807) is 0 Å². The van der Waals surface area contributed by atoms with Crippen molar-refractivity contribution in [1.82, 2.24) is 5.32 Å². The van der Waals surface area contributed by atoms with Gasteiger partial charge in [0, 0.05) is 0 Å². The Kier molecular flexibility index (Phi) is 6.17. The largest absolute Gasteiger partial charge is 0.316 e. The molecule has 124 valence electrons. The molecule has 0 spiro atoms. The summed E-state index contributed by atoms with van der Waals surface area (Å²) >= 11 is 0. The molecule has 2 rings (SSSR count). The van der Waals surface area contributed by atoms with Crippen LogP contribution in [0.3, 0.4) is 0 Å². The molecule has 21 heavy (non-hydrogen) atoms. The fraction of sp³-hybridized carbons (Fsp3) is 1.00. The Morgan fingerprint density at radius 3 is 1.38 bits per heavy atom. The second-order valence-corrected chi connectivity index (χ2v) is 9.00. The second kappa shape index (κ2) is 7.49. The lowest BCUT2D eigenvalue weighted by Crippen LogP contribution is -2.40. The normalized spacial score (nSPS) is 48.3. The first kappa shape index (κ1) is 17.3. The van der Waals surface area contributed by atoms with Crippen molar-refractivity contribution < 1.29 is 0 Å². The highest BCUT2D eigenvalue weighted by atomic mass is 14.9. The fourth-order valence-corrected chi connectivity index (χ4v) is 5.28. The Morgan fingerprint density at radius 1 is 0.619 bits per heavy atom. The van der Waals surface area contributed by atoms with E-state index in [2.05, 4.69) is 46.9 Å². The van der Waals surface area contributed by atoms with Crippen LogP contribution in [-0.2, 0) is 0 Å². The third-order valence-corrected chi connectivity index (χ3v) is 7.05. The summed E-state index contributed by atoms with van der Waals surface area (Å²) in [5.74, 6) is 7.28. The molecule has 1 N–H and O–H groups in total. The fourth-order valence-electron chi connectivity index (χ4n) is 5.28. The van der Waals surface area contributed by atoms with Gasteiger partial charge in [0.05, 0.1) is 0 Å². The monoisotopic (exact) mass is 293 g/mol. The Bertz CT molecular complexity index is 283. The highest BCUT2D eigenvalue weighted by Crippen LogP contribution is 2.39. The van der Waals surface area contributed by atoms with E-state index in [1.165, 1.54) is 38.8 Å². The van der Waals surface area contributed by atoms with Gasteiger partial charge in [0.1, 0.15) is 0 Å². The van der Waals surface area contributed by atoms with Gasteiger partial charge in [-0.3, -0.25) is 0 Å². The summed E-state index contributed by atoms with van der Waals surface area (Å²) < 4.78 is 0. The van der Waals surface area contributed by atoms with Gasteiger partial charge in [0.2, 0.25) is 0 Å². The lowest BCUT2D eigenvalue weighted by atomic mass is 9.69. The number of hydrogen-bond donors (Lipinski definition) is 1. The molecular formula is C20H39N. The van der Waals surface area contributed by atoms with Gasteiger partial charge in [-0.25, -0.2) is 0 Å². The lowest BCUT2D eigenvalue weighted by Gasteiger charge is -2.40. The van der Waals surface area contributed by atoms with E-state index in [-0.39, 0.29) is 0 Å². The highest BCUT2D eigenvalue weighted by Gasteiger charge is 2.32. The standard InChI is InChI=1S/C20H39N/c1-13-7-15(3)17(5)19(9-13)11-21-12-20-10-14(2)8-16(4)18(20)6/h13-21H,7-12H2,1-6H3. The molecule has 0 heterocycles. The second-order valence-electron chi connectivity index (χ2n) is 9.00. The van der Waals surface area contributed by atoms with Crippen LogP contribution in [0, 0.1) is 47.3 Å². The number of hydrogen-bond acceptors (Lipinski definition) is 1. The van der Waals surface area contributed by atoms with Crippen molar-refractivity contribution in [2.45, 2.75) is 67.2 Å². The zero-order valence-corrected chi connectivity index (χ0v) is 15.4. The zero-order valence-electron chi connectivity index (χ0n) is 15.4. The molecule has 0 amide bonds. The van der Waals surface area contributed by atoms with Crippen molar-refractivity contribution in [3.8, 4) is 0 Å². The molecule has 2 saturated carbocycles. The van der Waals surface area contributed by atoms with Crippen molar-refractivity contribution >= 4 is 0 Å². The first-order valence-electron chi connectivity index (χ1n) is 9.59. The lowest BCUT2D eigenvalue weighted by molar-refractivity contribution is 0.117. The molecular weight excluding hydrogens is 254 g/mol. The van der Waals surface area contributed by atoms with Crippen LogP contribution >= 0.6 is 0 Å². The van der Waals surface area contributed by atoms with Gasteiger partial charge in [-0.2, -0.15) is 0 Å². The molecule has 2 aliphatic rings. The average Bonchev–Trinajstić information content (AvgIpc) is 2.40. The van der Waals surface area contributed by atoms with Crippen LogP contribution in [0.2, 0.25) is 0 Å². The first-order valence-corrected chi connectivity index (χ1v) is 9.59. The van der Waals surface area contributed by atoms with Gasteiger partial charge < -0.3 is 5.32 Å². The molecule has 1 heteroatoms. The molecule has 0 aliphatic heterocycles. The summed E-state index contributed by atoms with van der Waals surface area (Å²) in [6.07, 6.45) is 5.75. The van der Waals surface area contributed by atoms with Crippen molar-refractivity contribution in [1.29, 1.82) is 0 Å². The van der Waals surface area contributed by atoms with Crippen LogP contribution in [-0.4, -0.2) is 13.1 Å². The minimum Gasteiger partial charge on any atom is -0.316 e. The van der Waals surface area contributed by atoms with Crippen LogP contribution in [0.25, 0.3) is 0 Å². The summed E-state index contributed by atoms with van der Waals surface area (Å²) in [5, 5.41) is 3.87. The SMILES string of the molecule is CC1CC(C)C(C)C(CNCC2CC(C)CC(C)C2C)C1. The van der Waals surface area contributed by atoms with E-state index in [0.717, 1.165) is 47.3 Å². The van der Waals surface area contributed by atoms with Crippen molar-refractivity contribution in [2.24, 2.45) is 47.3 Å². The summed E-state index contributed by atoms with van der Waals surface area (Å²) in [7, 11) is 0. The highest BCUT2D eigenvalue weighted by molar-refractivity contribution is 4.84. The summed E-state index contributed by atoms with van der Waals surface area (Å²) in [4.78, 5) is 0. The van der Waals surface area contributed by atoms with Crippen LogP contribution in [0.15, 0.2) is 0 Å². The molecule has 2 fully saturated rings. The van der Waals surface area contributed by atoms with Crippen molar-refractivity contribution in [3.63, 3.8) is 0 Å². The smallest absolute Gasteiger partial charge is 0.00177 e. The molecule has 0 bridgehead atoms. The molecule has 0 saturated heterocycles. The molecule has 8 atom stereocenters. The Labute approximate surface area is 133 Å². The maximum absolute atomic E-state index is 3.87. The quantitative estimate of drug-likeness (QED) is 0.750. The summed E-state index contributed by atoms with van der Waals surface area (Å²) in [5.41, 5.74) is 0. The van der Waals surface area contributed by atoms with Crippen molar-refractivity contribution in [2.75, 3.05) is 13.1 Å². The van der Waals surface area contributed by atoms with Gasteiger partial charge in [-0.1, -0.05) is 41.5 Å². The van der Waals surface area contributed by atoms with E-state index in [1.807, 2.05) is 0 Å². The molecule has 0 aromatic carbocycles. The molecule has 2 aliphatic carbocycles. The number of rotatable bonds is 4. The van der Waals surface area contributed by atoms with E-state index < -0.39 is 0 Å². The van der Waals surface area contributed by atoms with Crippen LogP contribution < -0.4 is 5.32 Å². The van der Waals surface area contributed by atoms with Gasteiger partial charge in [0.25, 0.3) is 0 Å². The van der Waals surface area contributed by atoms with Gasteiger partial charge in [0.15, 0.2) is 0 Å². The van der Waals surface area contributed by atoms with E-state index >= 15 is 0 Å². The van der Waals surface area contributed by atoms with Gasteiger partial charge in [-0.15, -0.1) is 0 Å². The van der Waals surface area contributed by atoms with E-state index in [9.17, 15) is 0 Å². The topological polar surface area (TPSA) is 12.0 Å². The molecule has 0 aromatic heterocycles. The maximum Gasteiger partial charge on any atom is -0.00177 e. The predicted octanol–water partition coefficient (Wildman–Crippen LogP) is 5.21. The third-order valence-electron chi connectivity index (χ3n) is 7.05. The molecule has 0 radical (unpaired) electrons. The zero-order chi connectivity index (χ0) is 15.6. The first-order chi connectivity index (χ1) is 9.88. The van der Waals surface area contributed by atoms with E-state index in [0.29, 0.717) is 0 Å². The Morgan fingerprint density at radius 2 is 1.00 bits per heavy atom. The summed E-state index contributed by atoms with van der Waals surface area (Å²) in [6, 6.07) is 0. The Balaban J connectivity index is 1.78. The predicted molar refractivity (Wildman–Crippen MR) is 93.3 cm³/mol. The van der Waals surface area contributed by atoms with E-state index in [4.69, 9.17) is 0 Å². The Hall–Kier alpha value is -0.0400. The molecule has 8 unspecified atom stereocenters.